The van der Waals surface area contributed by atoms with E-state index in [2.05, 4.69) is 13.8 Å². The standard InChI is InChI=1S/C27H31O3P/c1-3-5-11-21-17-20(18-22(27(21)28)12-6-4-2)19-31(29)26-16-10-8-14-24(26)23-13-7-9-15-25(23)30-31/h7-10,13-18,28H,3-6,11-12,19H2,1-2H3. The lowest BCUT2D eigenvalue weighted by molar-refractivity contribution is 0.458. The van der Waals surface area contributed by atoms with Crippen LogP contribution in [0.2, 0.25) is 0 Å². The van der Waals surface area contributed by atoms with Gasteiger partial charge in [0.15, 0.2) is 0 Å². The monoisotopic (exact) mass is 434 g/mol. The number of phenolic OH excluding ortho intramolecular Hbond substituents is 1. The van der Waals surface area contributed by atoms with E-state index in [4.69, 9.17) is 4.52 Å². The normalized spacial score (nSPS) is 17.0. The molecule has 31 heavy (non-hydrogen) atoms. The van der Waals surface area contributed by atoms with E-state index < -0.39 is 7.37 Å². The van der Waals surface area contributed by atoms with Crippen LogP contribution in [0.1, 0.15) is 56.2 Å². The van der Waals surface area contributed by atoms with Gasteiger partial charge >= 0.3 is 0 Å². The molecule has 1 unspecified atom stereocenters. The molecule has 3 aromatic carbocycles. The molecular weight excluding hydrogens is 403 g/mol. The predicted molar refractivity (Wildman–Crippen MR) is 129 cm³/mol. The Kier molecular flexibility index (Phi) is 6.53. The van der Waals surface area contributed by atoms with Crippen LogP contribution in [-0.4, -0.2) is 5.11 Å². The molecule has 0 amide bonds. The number of fused-ring (bicyclic) bond motifs is 3. The lowest BCUT2D eigenvalue weighted by Gasteiger charge is -2.29. The number of aryl methyl sites for hydroxylation is 2. The molecule has 4 heteroatoms. The molecule has 0 bridgehead atoms. The predicted octanol–water partition coefficient (Wildman–Crippen LogP) is 7.24. The number of unbranched alkanes of at least 4 members (excludes halogenated alkanes) is 2. The van der Waals surface area contributed by atoms with Crippen LogP contribution in [0.5, 0.6) is 11.5 Å². The Hall–Kier alpha value is -2.51. The minimum Gasteiger partial charge on any atom is -0.507 e. The van der Waals surface area contributed by atoms with Gasteiger partial charge in [-0.15, -0.1) is 0 Å². The van der Waals surface area contributed by atoms with Crippen molar-refractivity contribution in [3.63, 3.8) is 0 Å². The van der Waals surface area contributed by atoms with Gasteiger partial charge in [0.1, 0.15) is 11.5 Å². The molecule has 0 spiro atoms. The molecular formula is C27H31O3P. The number of rotatable bonds is 8. The first-order valence-corrected chi connectivity index (χ1v) is 13.2. The summed E-state index contributed by atoms with van der Waals surface area (Å²) < 4.78 is 20.5. The highest BCUT2D eigenvalue weighted by Gasteiger charge is 2.36. The van der Waals surface area contributed by atoms with Crippen molar-refractivity contribution in [2.45, 2.75) is 58.5 Å². The van der Waals surface area contributed by atoms with Crippen molar-refractivity contribution in [2.75, 3.05) is 0 Å². The number of para-hydroxylation sites is 1. The Bertz CT molecular complexity index is 1090. The molecule has 0 saturated heterocycles. The van der Waals surface area contributed by atoms with Crippen LogP contribution in [0.15, 0.2) is 60.7 Å². The van der Waals surface area contributed by atoms with Crippen LogP contribution < -0.4 is 9.83 Å². The van der Waals surface area contributed by atoms with E-state index in [9.17, 15) is 9.67 Å². The van der Waals surface area contributed by atoms with Crippen LogP contribution >= 0.6 is 7.37 Å². The van der Waals surface area contributed by atoms with Gasteiger partial charge in [0.2, 0.25) is 0 Å². The zero-order valence-electron chi connectivity index (χ0n) is 18.4. The average Bonchev–Trinajstić information content (AvgIpc) is 2.78. The summed E-state index contributed by atoms with van der Waals surface area (Å²) in [5, 5.41) is 11.6. The van der Waals surface area contributed by atoms with Crippen molar-refractivity contribution >= 4 is 12.7 Å². The van der Waals surface area contributed by atoms with Gasteiger partial charge in [-0.3, -0.25) is 4.57 Å². The van der Waals surface area contributed by atoms with Crippen molar-refractivity contribution in [3.05, 3.63) is 77.4 Å². The Morgan fingerprint density at radius 1 is 0.839 bits per heavy atom. The van der Waals surface area contributed by atoms with Gasteiger partial charge in [0.05, 0.1) is 11.5 Å². The van der Waals surface area contributed by atoms with Gasteiger partial charge in [0.25, 0.3) is 7.37 Å². The Morgan fingerprint density at radius 3 is 2.06 bits per heavy atom. The van der Waals surface area contributed by atoms with E-state index in [0.29, 0.717) is 17.7 Å². The van der Waals surface area contributed by atoms with Gasteiger partial charge in [0, 0.05) is 5.56 Å². The molecule has 1 aliphatic heterocycles. The van der Waals surface area contributed by atoms with Crippen molar-refractivity contribution in [1.82, 2.24) is 0 Å². The van der Waals surface area contributed by atoms with Crippen molar-refractivity contribution in [1.29, 1.82) is 0 Å². The second-order valence-electron chi connectivity index (χ2n) is 8.41. The molecule has 4 rings (SSSR count). The fraction of sp³-hybridized carbons (Fsp3) is 0.333. The topological polar surface area (TPSA) is 46.5 Å². The molecule has 3 aromatic rings. The van der Waals surface area contributed by atoms with Crippen molar-refractivity contribution in [2.24, 2.45) is 0 Å². The highest BCUT2D eigenvalue weighted by atomic mass is 31.2. The van der Waals surface area contributed by atoms with Crippen molar-refractivity contribution in [3.8, 4) is 22.6 Å². The summed E-state index contributed by atoms with van der Waals surface area (Å²) in [5.41, 5.74) is 4.88. The molecule has 1 aliphatic rings. The molecule has 3 nitrogen and oxygen atoms in total. The highest BCUT2D eigenvalue weighted by Crippen LogP contribution is 2.56. The molecule has 1 heterocycles. The first-order valence-electron chi connectivity index (χ1n) is 11.4. The summed E-state index contributed by atoms with van der Waals surface area (Å²) in [6, 6.07) is 19.8. The zero-order valence-corrected chi connectivity index (χ0v) is 19.3. The minimum atomic E-state index is -3.15. The third kappa shape index (κ3) is 4.43. The Balaban J connectivity index is 1.75. The maximum absolute atomic E-state index is 14.2. The van der Waals surface area contributed by atoms with E-state index in [0.717, 1.165) is 71.6 Å². The minimum absolute atomic E-state index is 0.330. The number of benzene rings is 3. The lowest BCUT2D eigenvalue weighted by atomic mass is 9.97. The van der Waals surface area contributed by atoms with Crippen LogP contribution in [0.3, 0.4) is 0 Å². The third-order valence-electron chi connectivity index (χ3n) is 6.01. The Morgan fingerprint density at radius 2 is 1.42 bits per heavy atom. The summed E-state index contributed by atoms with van der Waals surface area (Å²) in [7, 11) is -3.15. The van der Waals surface area contributed by atoms with Gasteiger partial charge in [-0.05, 0) is 60.1 Å². The molecule has 1 N–H and O–H groups in total. The third-order valence-corrected chi connectivity index (χ3v) is 8.41. The summed E-state index contributed by atoms with van der Waals surface area (Å²) in [6.45, 7) is 4.31. The fourth-order valence-corrected chi connectivity index (χ4v) is 6.72. The largest absolute Gasteiger partial charge is 0.507 e. The van der Waals surface area contributed by atoms with E-state index >= 15 is 0 Å². The fourth-order valence-electron chi connectivity index (χ4n) is 4.37. The van der Waals surface area contributed by atoms with Gasteiger partial charge in [-0.2, -0.15) is 0 Å². The van der Waals surface area contributed by atoms with Crippen LogP contribution in [0.25, 0.3) is 11.1 Å². The number of hydrogen-bond donors (Lipinski definition) is 1. The molecule has 0 radical (unpaired) electrons. The summed E-state index contributed by atoms with van der Waals surface area (Å²) in [4.78, 5) is 0. The Labute approximate surface area is 185 Å². The molecule has 0 aliphatic carbocycles. The van der Waals surface area contributed by atoms with Crippen LogP contribution in [-0.2, 0) is 23.6 Å². The average molecular weight is 435 g/mol. The number of hydrogen-bond acceptors (Lipinski definition) is 3. The van der Waals surface area contributed by atoms with Gasteiger partial charge in [-0.1, -0.05) is 75.2 Å². The first kappa shape index (κ1) is 21.7. The summed E-state index contributed by atoms with van der Waals surface area (Å²) in [5.74, 6) is 1.10. The molecule has 162 valence electrons. The second kappa shape index (κ2) is 9.32. The lowest BCUT2D eigenvalue weighted by Crippen LogP contribution is -2.19. The molecule has 0 saturated carbocycles. The zero-order chi connectivity index (χ0) is 21.8. The quantitative estimate of drug-likeness (QED) is 0.380. The smallest absolute Gasteiger partial charge is 0.282 e. The number of aromatic hydroxyl groups is 1. The first-order chi connectivity index (χ1) is 15.1. The molecule has 1 atom stereocenters. The van der Waals surface area contributed by atoms with E-state index in [1.54, 1.807) is 0 Å². The summed E-state index contributed by atoms with van der Waals surface area (Å²) in [6.07, 6.45) is 6.18. The highest BCUT2D eigenvalue weighted by molar-refractivity contribution is 7.67. The number of phenols is 1. The van der Waals surface area contributed by atoms with E-state index in [1.807, 2.05) is 60.7 Å². The van der Waals surface area contributed by atoms with Crippen molar-refractivity contribution < 1.29 is 14.2 Å². The molecule has 0 fully saturated rings. The van der Waals surface area contributed by atoms with E-state index in [1.165, 1.54) is 0 Å². The van der Waals surface area contributed by atoms with Gasteiger partial charge < -0.3 is 9.63 Å². The molecule has 0 aromatic heterocycles. The SMILES string of the molecule is CCCCc1cc(CP2(=O)Oc3ccccc3-c3ccccc32)cc(CCCC)c1O. The maximum atomic E-state index is 14.2. The summed E-state index contributed by atoms with van der Waals surface area (Å²) >= 11 is 0. The van der Waals surface area contributed by atoms with Gasteiger partial charge in [-0.25, -0.2) is 0 Å². The van der Waals surface area contributed by atoms with Crippen LogP contribution in [0.4, 0.5) is 0 Å². The maximum Gasteiger partial charge on any atom is 0.282 e. The second-order valence-corrected chi connectivity index (χ2v) is 10.7. The van der Waals surface area contributed by atoms with Crippen LogP contribution in [0, 0.1) is 0 Å². The van der Waals surface area contributed by atoms with E-state index in [-0.39, 0.29) is 0 Å².